The number of ether oxygens (including phenoxy) is 1. The van der Waals surface area contributed by atoms with Gasteiger partial charge in [-0.05, 0) is 20.8 Å². The van der Waals surface area contributed by atoms with Gasteiger partial charge >= 0.3 is 5.97 Å². The summed E-state index contributed by atoms with van der Waals surface area (Å²) in [4.78, 5) is 34.2. The lowest BCUT2D eigenvalue weighted by Crippen LogP contribution is -2.65. The highest BCUT2D eigenvalue weighted by Crippen LogP contribution is 2.22. The molecule has 9 heteroatoms. The fourth-order valence-electron chi connectivity index (χ4n) is 1.76. The molecule has 1 aliphatic heterocycles. The van der Waals surface area contributed by atoms with Gasteiger partial charge in [0.15, 0.2) is 0 Å². The van der Waals surface area contributed by atoms with Crippen molar-refractivity contribution in [2.75, 3.05) is 18.9 Å². The first-order chi connectivity index (χ1) is 9.11. The lowest BCUT2D eigenvalue weighted by atomic mass is 10.0. The number of rotatable bonds is 5. The number of imide groups is 1. The Kier molecular flexibility index (Phi) is 4.87. The molecule has 0 radical (unpaired) electrons. The number of nitrogens with one attached hydrogen (secondary N) is 1. The third kappa shape index (κ3) is 3.54. The Morgan fingerprint density at radius 2 is 2.00 bits per heavy atom. The fraction of sp³-hybridized carbons (Fsp3) is 0.727. The topological polar surface area (TPSA) is 110 Å². The summed E-state index contributed by atoms with van der Waals surface area (Å²) in [6, 6.07) is 0. The smallest absolute Gasteiger partial charge is 0.306 e. The molecule has 20 heavy (non-hydrogen) atoms. The maximum Gasteiger partial charge on any atom is 0.306 e. The van der Waals surface area contributed by atoms with Crippen molar-refractivity contribution in [2.45, 2.75) is 32.7 Å². The van der Waals surface area contributed by atoms with Gasteiger partial charge in [-0.15, -0.1) is 0 Å². The molecule has 0 unspecified atom stereocenters. The Balaban J connectivity index is 2.87. The van der Waals surface area contributed by atoms with Crippen molar-refractivity contribution in [3.8, 4) is 0 Å². The average Bonchev–Trinajstić information content (AvgIpc) is 2.32. The highest BCUT2D eigenvalue weighted by Gasteiger charge is 2.46. The van der Waals surface area contributed by atoms with Crippen molar-refractivity contribution in [3.63, 3.8) is 0 Å². The van der Waals surface area contributed by atoms with Crippen molar-refractivity contribution >= 4 is 27.8 Å². The Morgan fingerprint density at radius 3 is 2.55 bits per heavy atom. The summed E-state index contributed by atoms with van der Waals surface area (Å²) in [6.45, 7) is 4.13. The molecule has 0 saturated carbocycles. The van der Waals surface area contributed by atoms with Crippen LogP contribution in [0.1, 0.15) is 27.2 Å². The van der Waals surface area contributed by atoms with E-state index in [9.17, 15) is 22.8 Å². The number of carbonyl (C=O) groups is 3. The van der Waals surface area contributed by atoms with E-state index in [-0.39, 0.29) is 13.0 Å². The van der Waals surface area contributed by atoms with Crippen molar-refractivity contribution in [2.24, 2.45) is 0 Å². The van der Waals surface area contributed by atoms with Crippen molar-refractivity contribution in [3.05, 3.63) is 0 Å². The second-order valence-electron chi connectivity index (χ2n) is 4.81. The number of esters is 1. The van der Waals surface area contributed by atoms with Crippen LogP contribution in [0, 0.1) is 0 Å². The summed E-state index contributed by atoms with van der Waals surface area (Å²) in [5.41, 5.74) is -1.37. The van der Waals surface area contributed by atoms with E-state index >= 15 is 0 Å². The zero-order valence-corrected chi connectivity index (χ0v) is 12.4. The molecule has 1 fully saturated rings. The van der Waals surface area contributed by atoms with E-state index in [1.165, 1.54) is 13.8 Å². The highest BCUT2D eigenvalue weighted by atomic mass is 32.2. The number of hydrogen-bond donors (Lipinski definition) is 1. The van der Waals surface area contributed by atoms with Crippen LogP contribution in [0.5, 0.6) is 0 Å². The second kappa shape index (κ2) is 5.88. The Morgan fingerprint density at radius 1 is 1.40 bits per heavy atom. The fourth-order valence-corrected chi connectivity index (χ4v) is 3.50. The van der Waals surface area contributed by atoms with Gasteiger partial charge in [0.05, 0.1) is 25.3 Å². The molecular weight excluding hydrogens is 288 g/mol. The third-order valence-electron chi connectivity index (χ3n) is 2.92. The lowest BCUT2D eigenvalue weighted by molar-refractivity contribution is -0.142. The molecule has 1 N–H and O–H groups in total. The summed E-state index contributed by atoms with van der Waals surface area (Å²) < 4.78 is 29.8. The summed E-state index contributed by atoms with van der Waals surface area (Å²) in [5, 5.41) is 2.08. The lowest BCUT2D eigenvalue weighted by Gasteiger charge is -2.38. The number of amides is 2. The van der Waals surface area contributed by atoms with Gasteiger partial charge in [0.2, 0.25) is 21.8 Å². The van der Waals surface area contributed by atoms with Crippen LogP contribution in [0.15, 0.2) is 0 Å². The molecule has 0 aromatic rings. The SMILES string of the molecule is CCOC(=O)CCS(=O)(=O)N1CC(=O)NC(=O)C1(C)C. The predicted octanol–water partition coefficient (Wildman–Crippen LogP) is -0.994. The summed E-state index contributed by atoms with van der Waals surface area (Å²) in [6.07, 6.45) is -0.321. The molecular formula is C11H18N2O6S. The van der Waals surface area contributed by atoms with Crippen LogP contribution in [-0.2, 0) is 29.1 Å². The molecule has 0 atom stereocenters. The normalized spacial score (nSPS) is 19.6. The van der Waals surface area contributed by atoms with E-state index < -0.39 is 45.6 Å². The minimum absolute atomic E-state index is 0.162. The van der Waals surface area contributed by atoms with Gasteiger partial charge < -0.3 is 4.74 Å². The Hall–Kier alpha value is -1.48. The average molecular weight is 306 g/mol. The highest BCUT2D eigenvalue weighted by molar-refractivity contribution is 7.89. The molecule has 1 aliphatic rings. The van der Waals surface area contributed by atoms with Crippen LogP contribution in [0.3, 0.4) is 0 Å². The molecule has 0 aromatic carbocycles. The van der Waals surface area contributed by atoms with E-state index in [1.807, 2.05) is 0 Å². The first kappa shape index (κ1) is 16.6. The molecule has 0 aliphatic carbocycles. The van der Waals surface area contributed by atoms with E-state index in [0.717, 1.165) is 4.31 Å². The molecule has 114 valence electrons. The number of carbonyl (C=O) groups excluding carboxylic acids is 3. The number of sulfonamides is 1. The van der Waals surface area contributed by atoms with Crippen molar-refractivity contribution in [1.82, 2.24) is 9.62 Å². The van der Waals surface area contributed by atoms with Gasteiger partial charge in [0, 0.05) is 0 Å². The van der Waals surface area contributed by atoms with Crippen LogP contribution in [0.2, 0.25) is 0 Å². The van der Waals surface area contributed by atoms with E-state index in [2.05, 4.69) is 10.1 Å². The van der Waals surface area contributed by atoms with E-state index in [1.54, 1.807) is 6.92 Å². The molecule has 1 heterocycles. The largest absolute Gasteiger partial charge is 0.466 e. The van der Waals surface area contributed by atoms with E-state index in [4.69, 9.17) is 0 Å². The quantitative estimate of drug-likeness (QED) is 0.515. The second-order valence-corrected chi connectivity index (χ2v) is 6.83. The first-order valence-corrected chi connectivity index (χ1v) is 7.72. The monoisotopic (exact) mass is 306 g/mol. The molecule has 0 aromatic heterocycles. The molecule has 8 nitrogen and oxygen atoms in total. The number of piperazine rings is 1. The maximum atomic E-state index is 12.2. The maximum absolute atomic E-state index is 12.2. The van der Waals surface area contributed by atoms with Crippen molar-refractivity contribution < 1.29 is 27.5 Å². The van der Waals surface area contributed by atoms with Crippen LogP contribution in [0.25, 0.3) is 0 Å². The van der Waals surface area contributed by atoms with Gasteiger partial charge in [0.1, 0.15) is 5.54 Å². The zero-order chi connectivity index (χ0) is 15.6. The zero-order valence-electron chi connectivity index (χ0n) is 11.6. The molecule has 0 bridgehead atoms. The molecule has 1 saturated heterocycles. The summed E-state index contributed by atoms with van der Waals surface area (Å²) >= 11 is 0. The van der Waals surface area contributed by atoms with Gasteiger partial charge in [-0.3, -0.25) is 19.7 Å². The van der Waals surface area contributed by atoms with Gasteiger partial charge in [-0.1, -0.05) is 0 Å². The summed E-state index contributed by atoms with van der Waals surface area (Å²) in [7, 11) is -3.92. The number of hydrogen-bond acceptors (Lipinski definition) is 6. The Bertz CT molecular complexity index is 525. The van der Waals surface area contributed by atoms with E-state index in [0.29, 0.717) is 0 Å². The Labute approximate surface area is 117 Å². The standard InChI is InChI=1S/C11H18N2O6S/c1-4-19-9(15)5-6-20(17,18)13-7-8(14)12-10(16)11(13,2)3/h4-7H2,1-3H3,(H,12,14,16). The molecule has 0 spiro atoms. The van der Waals surface area contributed by atoms with Crippen molar-refractivity contribution in [1.29, 1.82) is 0 Å². The minimum Gasteiger partial charge on any atom is -0.466 e. The van der Waals surface area contributed by atoms with Gasteiger partial charge in [0.25, 0.3) is 0 Å². The molecule has 2 amide bonds. The minimum atomic E-state index is -3.92. The number of nitrogens with zero attached hydrogens (tertiary/aromatic N) is 1. The summed E-state index contributed by atoms with van der Waals surface area (Å²) in [5.74, 6) is -2.51. The van der Waals surface area contributed by atoms with Gasteiger partial charge in [-0.25, -0.2) is 8.42 Å². The van der Waals surface area contributed by atoms with Crippen LogP contribution in [0.4, 0.5) is 0 Å². The first-order valence-electron chi connectivity index (χ1n) is 6.11. The molecule has 1 rings (SSSR count). The van der Waals surface area contributed by atoms with Crippen LogP contribution in [-0.4, -0.2) is 55.0 Å². The third-order valence-corrected chi connectivity index (χ3v) is 4.90. The van der Waals surface area contributed by atoms with Crippen LogP contribution >= 0.6 is 0 Å². The van der Waals surface area contributed by atoms with Gasteiger partial charge in [-0.2, -0.15) is 4.31 Å². The van der Waals surface area contributed by atoms with Crippen LogP contribution < -0.4 is 5.32 Å². The predicted molar refractivity (Wildman–Crippen MR) is 69.0 cm³/mol.